The molecule has 7 heteroatoms. The molecule has 0 aliphatic heterocycles. The number of benzene rings is 1. The summed E-state index contributed by atoms with van der Waals surface area (Å²) in [5, 5.41) is 8.19. The van der Waals surface area contributed by atoms with E-state index >= 15 is 0 Å². The summed E-state index contributed by atoms with van der Waals surface area (Å²) in [7, 11) is 0. The predicted molar refractivity (Wildman–Crippen MR) is 108 cm³/mol. The standard InChI is InChI=1S/C20H25N5OS/c1-13(2)9-10-21-18(26)17-8-6-5-7-16(17)12-27-20-23-19-22-14(3)11-15(4)25(19)24-20/h5-8,11,13H,9-10,12H2,1-4H3,(H,21,26). The summed E-state index contributed by atoms with van der Waals surface area (Å²) < 4.78 is 1.75. The highest BCUT2D eigenvalue weighted by Crippen LogP contribution is 2.22. The van der Waals surface area contributed by atoms with Crippen molar-refractivity contribution in [3.8, 4) is 0 Å². The van der Waals surface area contributed by atoms with Gasteiger partial charge in [0.15, 0.2) is 0 Å². The Labute approximate surface area is 163 Å². The number of carbonyl (C=O) groups is 1. The molecule has 1 N–H and O–H groups in total. The molecule has 0 saturated heterocycles. The Hall–Kier alpha value is -2.41. The van der Waals surface area contributed by atoms with E-state index in [1.54, 1.807) is 4.52 Å². The molecule has 1 amide bonds. The van der Waals surface area contributed by atoms with E-state index < -0.39 is 0 Å². The third-order valence-corrected chi connectivity index (χ3v) is 5.11. The zero-order valence-electron chi connectivity index (χ0n) is 16.2. The number of rotatable bonds is 7. The highest BCUT2D eigenvalue weighted by Gasteiger charge is 2.13. The SMILES string of the molecule is Cc1cc(C)n2nc(SCc3ccccc3C(=O)NCCC(C)C)nc2n1. The van der Waals surface area contributed by atoms with Gasteiger partial charge in [0.1, 0.15) is 0 Å². The second-order valence-corrected chi connectivity index (χ2v) is 7.97. The molecule has 0 spiro atoms. The highest BCUT2D eigenvalue weighted by atomic mass is 32.2. The molecular weight excluding hydrogens is 358 g/mol. The lowest BCUT2D eigenvalue weighted by Crippen LogP contribution is -2.26. The predicted octanol–water partition coefficient (Wildman–Crippen LogP) is 3.81. The molecule has 0 aliphatic carbocycles. The molecule has 27 heavy (non-hydrogen) atoms. The summed E-state index contributed by atoms with van der Waals surface area (Å²) in [6, 6.07) is 9.67. The molecule has 0 fully saturated rings. The van der Waals surface area contributed by atoms with Crippen LogP contribution in [0.3, 0.4) is 0 Å². The second kappa shape index (κ2) is 8.52. The fraction of sp³-hybridized carbons (Fsp3) is 0.400. The molecule has 0 bridgehead atoms. The lowest BCUT2D eigenvalue weighted by atomic mass is 10.1. The Balaban J connectivity index is 1.71. The van der Waals surface area contributed by atoms with Gasteiger partial charge in [0.2, 0.25) is 5.16 Å². The number of thioether (sulfide) groups is 1. The van der Waals surface area contributed by atoms with Gasteiger partial charge >= 0.3 is 0 Å². The quantitative estimate of drug-likeness (QED) is 0.628. The monoisotopic (exact) mass is 383 g/mol. The Kier molecular flexibility index (Phi) is 6.11. The van der Waals surface area contributed by atoms with E-state index in [2.05, 4.69) is 34.2 Å². The van der Waals surface area contributed by atoms with Crippen molar-refractivity contribution < 1.29 is 4.79 Å². The fourth-order valence-electron chi connectivity index (χ4n) is 2.79. The summed E-state index contributed by atoms with van der Waals surface area (Å²) in [5.74, 6) is 1.78. The first-order valence-corrected chi connectivity index (χ1v) is 10.1. The minimum absolute atomic E-state index is 0.0250. The molecular formula is C20H25N5OS. The minimum atomic E-state index is -0.0250. The topological polar surface area (TPSA) is 72.2 Å². The highest BCUT2D eigenvalue weighted by molar-refractivity contribution is 7.98. The number of aromatic nitrogens is 4. The van der Waals surface area contributed by atoms with Gasteiger partial charge in [-0.3, -0.25) is 4.79 Å². The van der Waals surface area contributed by atoms with Crippen molar-refractivity contribution in [2.45, 2.75) is 45.0 Å². The minimum Gasteiger partial charge on any atom is -0.352 e. The van der Waals surface area contributed by atoms with Gasteiger partial charge in [-0.05, 0) is 43.9 Å². The molecule has 0 aliphatic rings. The smallest absolute Gasteiger partial charge is 0.253 e. The van der Waals surface area contributed by atoms with E-state index in [1.807, 2.05) is 44.2 Å². The molecule has 2 heterocycles. The van der Waals surface area contributed by atoms with Crippen molar-refractivity contribution in [2.24, 2.45) is 5.92 Å². The number of hydrogen-bond acceptors (Lipinski definition) is 5. The second-order valence-electron chi connectivity index (χ2n) is 7.03. The van der Waals surface area contributed by atoms with Crippen LogP contribution in [0.1, 0.15) is 47.6 Å². The Bertz CT molecular complexity index is 951. The van der Waals surface area contributed by atoms with Crippen molar-refractivity contribution in [1.82, 2.24) is 24.9 Å². The third-order valence-electron chi connectivity index (χ3n) is 4.22. The first-order valence-electron chi connectivity index (χ1n) is 9.14. The summed E-state index contributed by atoms with van der Waals surface area (Å²) >= 11 is 1.51. The molecule has 3 aromatic rings. The number of hydrogen-bond donors (Lipinski definition) is 1. The van der Waals surface area contributed by atoms with Gasteiger partial charge in [0, 0.05) is 29.2 Å². The number of amides is 1. The molecule has 6 nitrogen and oxygen atoms in total. The van der Waals surface area contributed by atoms with Crippen LogP contribution in [0.2, 0.25) is 0 Å². The van der Waals surface area contributed by atoms with Gasteiger partial charge < -0.3 is 5.32 Å². The van der Waals surface area contributed by atoms with Crippen LogP contribution in [-0.2, 0) is 5.75 Å². The van der Waals surface area contributed by atoms with Crippen LogP contribution in [0, 0.1) is 19.8 Å². The average Bonchev–Trinajstić information content (AvgIpc) is 3.03. The lowest BCUT2D eigenvalue weighted by molar-refractivity contribution is 0.0951. The summed E-state index contributed by atoms with van der Waals surface area (Å²) in [6.45, 7) is 8.92. The van der Waals surface area contributed by atoms with Crippen LogP contribution in [0.4, 0.5) is 0 Å². The molecule has 0 radical (unpaired) electrons. The Morgan fingerprint density at radius 1 is 1.22 bits per heavy atom. The first-order chi connectivity index (χ1) is 12.9. The largest absolute Gasteiger partial charge is 0.352 e. The van der Waals surface area contributed by atoms with Crippen LogP contribution >= 0.6 is 11.8 Å². The van der Waals surface area contributed by atoms with E-state index in [4.69, 9.17) is 0 Å². The Morgan fingerprint density at radius 2 is 2.00 bits per heavy atom. The van der Waals surface area contributed by atoms with Gasteiger partial charge in [0.05, 0.1) is 0 Å². The van der Waals surface area contributed by atoms with Crippen molar-refractivity contribution in [3.05, 3.63) is 52.8 Å². The van der Waals surface area contributed by atoms with Crippen molar-refractivity contribution >= 4 is 23.4 Å². The number of aryl methyl sites for hydroxylation is 2. The zero-order valence-corrected chi connectivity index (χ0v) is 17.0. The van der Waals surface area contributed by atoms with E-state index in [1.165, 1.54) is 11.8 Å². The van der Waals surface area contributed by atoms with Crippen LogP contribution in [0.25, 0.3) is 5.78 Å². The number of nitrogens with one attached hydrogen (secondary N) is 1. The maximum Gasteiger partial charge on any atom is 0.253 e. The number of carbonyl (C=O) groups excluding carboxylic acids is 1. The molecule has 142 valence electrons. The molecule has 0 unspecified atom stereocenters. The molecule has 0 atom stereocenters. The Morgan fingerprint density at radius 3 is 2.78 bits per heavy atom. The van der Waals surface area contributed by atoms with Gasteiger partial charge in [-0.1, -0.05) is 43.8 Å². The van der Waals surface area contributed by atoms with Gasteiger partial charge in [-0.2, -0.15) is 4.98 Å². The van der Waals surface area contributed by atoms with Crippen molar-refractivity contribution in [1.29, 1.82) is 0 Å². The summed E-state index contributed by atoms with van der Waals surface area (Å²) in [6.07, 6.45) is 0.972. The molecule has 0 saturated carbocycles. The van der Waals surface area contributed by atoms with Gasteiger partial charge in [0.25, 0.3) is 11.7 Å². The van der Waals surface area contributed by atoms with E-state index in [0.29, 0.717) is 34.7 Å². The van der Waals surface area contributed by atoms with E-state index in [-0.39, 0.29) is 5.91 Å². The first kappa shape index (κ1) is 19.4. The van der Waals surface area contributed by atoms with Crippen LogP contribution < -0.4 is 5.32 Å². The normalized spacial score (nSPS) is 11.3. The molecule has 1 aromatic carbocycles. The lowest BCUT2D eigenvalue weighted by Gasteiger charge is -2.10. The molecule has 2 aromatic heterocycles. The van der Waals surface area contributed by atoms with Gasteiger partial charge in [-0.15, -0.1) is 5.10 Å². The van der Waals surface area contributed by atoms with E-state index in [0.717, 1.165) is 23.4 Å². The van der Waals surface area contributed by atoms with Crippen LogP contribution in [0.5, 0.6) is 0 Å². The maximum atomic E-state index is 12.5. The zero-order chi connectivity index (χ0) is 19.4. The number of nitrogens with zero attached hydrogens (tertiary/aromatic N) is 4. The van der Waals surface area contributed by atoms with Crippen molar-refractivity contribution in [3.63, 3.8) is 0 Å². The van der Waals surface area contributed by atoms with Crippen molar-refractivity contribution in [2.75, 3.05) is 6.54 Å². The fourth-order valence-corrected chi connectivity index (χ4v) is 3.61. The van der Waals surface area contributed by atoms with E-state index in [9.17, 15) is 4.79 Å². The van der Waals surface area contributed by atoms with Gasteiger partial charge in [-0.25, -0.2) is 9.50 Å². The average molecular weight is 384 g/mol. The number of fused-ring (bicyclic) bond motifs is 1. The summed E-state index contributed by atoms with van der Waals surface area (Å²) in [4.78, 5) is 21.4. The molecule has 3 rings (SSSR count). The maximum absolute atomic E-state index is 12.5. The van der Waals surface area contributed by atoms with Crippen LogP contribution in [-0.4, -0.2) is 32.0 Å². The summed E-state index contributed by atoms with van der Waals surface area (Å²) in [5.41, 5.74) is 3.61. The third kappa shape index (κ3) is 4.86. The van der Waals surface area contributed by atoms with Crippen LogP contribution in [0.15, 0.2) is 35.5 Å².